The average Bonchev–Trinajstić information content (AvgIpc) is 3.45. The molecule has 3 aliphatic heterocycles. The van der Waals surface area contributed by atoms with Gasteiger partial charge in [0.05, 0.1) is 19.3 Å². The zero-order chi connectivity index (χ0) is 30.5. The Labute approximate surface area is 251 Å². The second-order valence-corrected chi connectivity index (χ2v) is 12.0. The van der Waals surface area contributed by atoms with Gasteiger partial charge in [-0.15, -0.1) is 0 Å². The van der Waals surface area contributed by atoms with E-state index in [1.54, 1.807) is 9.80 Å². The highest BCUT2D eigenvalue weighted by Crippen LogP contribution is 2.23. The molecular weight excluding hydrogens is 538 g/mol. The number of hydrogen-bond donors (Lipinski definition) is 1. The number of allylic oxidation sites excluding steroid dienone is 2. The lowest BCUT2D eigenvalue weighted by molar-refractivity contribution is -0.148. The lowest BCUT2D eigenvalue weighted by Crippen LogP contribution is -2.47. The predicted molar refractivity (Wildman–Crippen MR) is 161 cm³/mol. The number of rotatable bonds is 7. The summed E-state index contributed by atoms with van der Waals surface area (Å²) in [5.74, 6) is -0.347. The van der Waals surface area contributed by atoms with Crippen molar-refractivity contribution in [2.45, 2.75) is 84.0 Å². The smallest absolute Gasteiger partial charge is 0.410 e. The van der Waals surface area contributed by atoms with Crippen LogP contribution in [0.2, 0.25) is 0 Å². The first-order chi connectivity index (χ1) is 20.2. The molecule has 0 radical (unpaired) electrons. The zero-order valence-electron chi connectivity index (χ0n) is 25.9. The van der Waals surface area contributed by atoms with Crippen LogP contribution < -0.4 is 0 Å². The molecule has 2 saturated heterocycles. The topological polar surface area (TPSA) is 109 Å². The van der Waals surface area contributed by atoms with Gasteiger partial charge in [-0.1, -0.05) is 44.6 Å². The van der Waals surface area contributed by atoms with E-state index < -0.39 is 6.10 Å². The molecule has 2 fully saturated rings. The Morgan fingerprint density at radius 2 is 1.83 bits per heavy atom. The molecule has 0 spiro atoms. The van der Waals surface area contributed by atoms with Gasteiger partial charge in [0.25, 0.3) is 0 Å². The molecule has 236 valence electrons. The minimum atomic E-state index is -0.453. The van der Waals surface area contributed by atoms with Gasteiger partial charge in [-0.3, -0.25) is 4.79 Å². The average molecular weight is 590 g/mol. The maximum atomic E-state index is 12.8. The van der Waals surface area contributed by atoms with E-state index in [0.29, 0.717) is 26.1 Å². The van der Waals surface area contributed by atoms with Crippen molar-refractivity contribution in [2.75, 3.05) is 53.0 Å². The van der Waals surface area contributed by atoms with Crippen LogP contribution >= 0.6 is 0 Å². The van der Waals surface area contributed by atoms with Gasteiger partial charge in [-0.05, 0) is 57.7 Å². The summed E-state index contributed by atoms with van der Waals surface area (Å²) in [6.07, 6.45) is 13.5. The number of carbonyl (C=O) groups is 3. The molecule has 0 aliphatic carbocycles. The third kappa shape index (κ3) is 10.8. The molecule has 0 unspecified atom stereocenters. The predicted octanol–water partition coefficient (Wildman–Crippen LogP) is 4.54. The van der Waals surface area contributed by atoms with Crippen molar-refractivity contribution in [2.24, 2.45) is 11.8 Å². The van der Waals surface area contributed by atoms with E-state index in [4.69, 9.17) is 14.2 Å². The quantitative estimate of drug-likeness (QED) is 0.200. The van der Waals surface area contributed by atoms with Gasteiger partial charge in [0, 0.05) is 51.0 Å². The molecule has 2 amide bonds. The summed E-state index contributed by atoms with van der Waals surface area (Å²) < 4.78 is 17.3. The van der Waals surface area contributed by atoms with Crippen LogP contribution in [0.25, 0.3) is 0 Å². The number of esters is 1. The van der Waals surface area contributed by atoms with Crippen LogP contribution in [0.4, 0.5) is 9.59 Å². The normalized spacial score (nSPS) is 28.5. The van der Waals surface area contributed by atoms with Gasteiger partial charge in [-0.25, -0.2) is 9.59 Å². The summed E-state index contributed by atoms with van der Waals surface area (Å²) in [5.41, 5.74) is 0.895. The lowest BCUT2D eigenvalue weighted by Gasteiger charge is -2.32. The molecule has 0 bridgehead atoms. The summed E-state index contributed by atoms with van der Waals surface area (Å²) in [4.78, 5) is 43.4. The van der Waals surface area contributed by atoms with E-state index in [-0.39, 0.29) is 55.4 Å². The molecule has 10 heteroatoms. The number of aliphatic hydroxyl groups excluding tert-OH is 1. The second kappa shape index (κ2) is 17.3. The molecule has 5 atom stereocenters. The molecule has 3 heterocycles. The maximum Gasteiger partial charge on any atom is 0.410 e. The number of likely N-dealkylation sites (N-methyl/N-ethyl adjacent to an activating group) is 1. The molecule has 1 N–H and O–H groups in total. The van der Waals surface area contributed by atoms with Gasteiger partial charge in [0.2, 0.25) is 0 Å². The fraction of sp³-hybridized carbons (Fsp3) is 0.719. The molecule has 0 aromatic rings. The Balaban J connectivity index is 1.59. The van der Waals surface area contributed by atoms with E-state index in [0.717, 1.165) is 57.2 Å². The number of ether oxygens (including phenoxy) is 3. The van der Waals surface area contributed by atoms with Crippen LogP contribution in [0.3, 0.4) is 0 Å². The number of cyclic esters (lactones) is 1. The van der Waals surface area contributed by atoms with Crippen molar-refractivity contribution >= 4 is 18.2 Å². The minimum Gasteiger partial charge on any atom is -0.457 e. The number of aliphatic hydroxyl groups is 1. The molecule has 3 rings (SSSR count). The van der Waals surface area contributed by atoms with Gasteiger partial charge < -0.3 is 34.0 Å². The fourth-order valence-electron chi connectivity index (χ4n) is 5.49. The number of nitrogens with zero attached hydrogens (tertiary/aromatic N) is 3. The summed E-state index contributed by atoms with van der Waals surface area (Å²) in [6, 6.07) is -0.155. The summed E-state index contributed by atoms with van der Waals surface area (Å²) in [5, 5.41) is 9.44. The first-order valence-electron chi connectivity index (χ1n) is 15.6. The molecule has 0 aromatic carbocycles. The van der Waals surface area contributed by atoms with Crippen LogP contribution in [0, 0.1) is 11.8 Å². The van der Waals surface area contributed by atoms with Crippen LogP contribution in [0.15, 0.2) is 36.0 Å². The molecule has 0 saturated carbocycles. The zero-order valence-corrected chi connectivity index (χ0v) is 25.9. The van der Waals surface area contributed by atoms with Crippen molar-refractivity contribution in [1.29, 1.82) is 0 Å². The Morgan fingerprint density at radius 3 is 2.57 bits per heavy atom. The molecule has 10 nitrogen and oxygen atoms in total. The highest BCUT2D eigenvalue weighted by atomic mass is 16.6. The van der Waals surface area contributed by atoms with Gasteiger partial charge in [0.1, 0.15) is 12.2 Å². The molecule has 42 heavy (non-hydrogen) atoms. The largest absolute Gasteiger partial charge is 0.457 e. The second-order valence-electron chi connectivity index (χ2n) is 12.0. The van der Waals surface area contributed by atoms with E-state index in [2.05, 4.69) is 11.9 Å². The Hall–Kier alpha value is -2.85. The Kier molecular flexibility index (Phi) is 13.9. The van der Waals surface area contributed by atoms with Crippen molar-refractivity contribution in [3.8, 4) is 0 Å². The van der Waals surface area contributed by atoms with E-state index >= 15 is 0 Å². The van der Waals surface area contributed by atoms with Crippen LogP contribution in [-0.2, 0) is 19.0 Å². The van der Waals surface area contributed by atoms with Crippen molar-refractivity contribution < 1.29 is 33.7 Å². The monoisotopic (exact) mass is 589 g/mol. The number of hydrogen-bond acceptors (Lipinski definition) is 8. The fourth-order valence-corrected chi connectivity index (χ4v) is 5.49. The first-order valence-corrected chi connectivity index (χ1v) is 15.6. The van der Waals surface area contributed by atoms with Crippen molar-refractivity contribution in [3.63, 3.8) is 0 Å². The standard InChI is InChI=1S/C32H51N3O7/c1-24(23-40-32(39)35-17-9-12-27(35)22-36)10-8-11-25(2)30-26(3)15-16-28(13-6-5-7-14-29(37)42-30)41-31(38)34-20-18-33(4)19-21-34/h8,10-11,15-16,24,26-28,30,36H,5-7,9,12-14,17-23H2,1-4H3/b10-8+,16-15+,25-11+/t24-,26+,27+,28-,30-/m1/s1. The van der Waals surface area contributed by atoms with Gasteiger partial charge in [-0.2, -0.15) is 0 Å². The third-order valence-electron chi connectivity index (χ3n) is 8.29. The van der Waals surface area contributed by atoms with Gasteiger partial charge >= 0.3 is 18.2 Å². The minimum absolute atomic E-state index is 0.0138. The van der Waals surface area contributed by atoms with Gasteiger partial charge in [0.15, 0.2) is 0 Å². The van der Waals surface area contributed by atoms with E-state index in [9.17, 15) is 19.5 Å². The number of likely N-dealkylation sites (tertiary alicyclic amines) is 1. The number of piperazine rings is 1. The molecule has 3 aliphatic rings. The lowest BCUT2D eigenvalue weighted by atomic mass is 9.95. The van der Waals surface area contributed by atoms with Crippen LogP contribution in [0.1, 0.15) is 65.7 Å². The van der Waals surface area contributed by atoms with Crippen molar-refractivity contribution in [1.82, 2.24) is 14.7 Å². The van der Waals surface area contributed by atoms with E-state index in [1.165, 1.54) is 0 Å². The highest BCUT2D eigenvalue weighted by molar-refractivity contribution is 5.70. The molecular formula is C32H51N3O7. The van der Waals surface area contributed by atoms with E-state index in [1.807, 2.05) is 51.2 Å². The summed E-state index contributed by atoms with van der Waals surface area (Å²) >= 11 is 0. The Morgan fingerprint density at radius 1 is 1.07 bits per heavy atom. The van der Waals surface area contributed by atoms with Crippen LogP contribution in [0.5, 0.6) is 0 Å². The van der Waals surface area contributed by atoms with Crippen LogP contribution in [-0.4, -0.2) is 109 Å². The third-order valence-corrected chi connectivity index (χ3v) is 8.29. The maximum absolute atomic E-state index is 12.8. The number of carbonyl (C=O) groups excluding carboxylic acids is 3. The Bertz CT molecular complexity index is 973. The summed E-state index contributed by atoms with van der Waals surface area (Å²) in [6.45, 7) is 9.73. The first kappa shape index (κ1) is 33.6. The molecule has 0 aromatic heterocycles. The van der Waals surface area contributed by atoms with Crippen molar-refractivity contribution in [3.05, 3.63) is 36.0 Å². The highest BCUT2D eigenvalue weighted by Gasteiger charge is 2.29. The number of amides is 2. The summed E-state index contributed by atoms with van der Waals surface area (Å²) in [7, 11) is 2.05. The SMILES string of the molecule is C/C(=C\C=C\[C@@H](C)COC(=O)N1CCC[C@H]1CO)[C@H]1OC(=O)CCCCC[C@@H](OC(=O)N2CCN(C)CC2)/C=C/[C@@H]1C.